The minimum atomic E-state index is -2.87. The average molecular weight is 727 g/mol. The molecule has 2 atom stereocenters. The van der Waals surface area contributed by atoms with Crippen LogP contribution in [0.4, 0.5) is 0 Å². The zero-order valence-electron chi connectivity index (χ0n) is 33.0. The molecular weight excluding hydrogens is 660 g/mol. The van der Waals surface area contributed by atoms with Crippen LogP contribution in [0.25, 0.3) is 0 Å². The van der Waals surface area contributed by atoms with Gasteiger partial charge >= 0.3 is 0 Å². The van der Waals surface area contributed by atoms with Crippen molar-refractivity contribution in [1.82, 2.24) is 0 Å². The normalized spacial score (nSPS) is 19.8. The highest BCUT2D eigenvalue weighted by atomic mass is 31.2. The van der Waals surface area contributed by atoms with Crippen LogP contribution in [0.1, 0.15) is 75.2 Å². The minimum absolute atomic E-state index is 0.0489. The van der Waals surface area contributed by atoms with Crippen LogP contribution in [0, 0.1) is 0 Å². The molecule has 1 unspecified atom stereocenters. The summed E-state index contributed by atoms with van der Waals surface area (Å²) >= 11 is 0. The molecule has 0 spiro atoms. The Labute approximate surface area is 297 Å². The van der Waals surface area contributed by atoms with E-state index in [1.165, 1.54) is 11.1 Å². The molecule has 2 aromatic rings. The van der Waals surface area contributed by atoms with Gasteiger partial charge < -0.3 is 17.8 Å². The SMILES string of the molecule is CC(C)(C)[Si](C)(C)OCC=C1C(O[Si](C)(C)C(C)(C)C)C=C(CCP(=O)(c2ccccc2)c2ccccc2)C[C@H]1O[Si](C)(C)C(C)(C)C. The topological polar surface area (TPSA) is 44.8 Å². The highest BCUT2D eigenvalue weighted by Gasteiger charge is 2.45. The average Bonchev–Trinajstić information content (AvgIpc) is 2.96. The van der Waals surface area contributed by atoms with Gasteiger partial charge in [-0.2, -0.15) is 0 Å². The fourth-order valence-corrected chi connectivity index (χ4v) is 11.3. The van der Waals surface area contributed by atoms with E-state index in [2.05, 4.69) is 114 Å². The summed E-state index contributed by atoms with van der Waals surface area (Å²) in [4.78, 5) is 0. The Kier molecular flexibility index (Phi) is 12.9. The van der Waals surface area contributed by atoms with Crippen LogP contribution in [-0.2, 0) is 17.8 Å². The summed E-state index contributed by atoms with van der Waals surface area (Å²) in [6.45, 7) is 35.2. The van der Waals surface area contributed by atoms with Crippen LogP contribution in [0.15, 0.2) is 84.0 Å². The third-order valence-corrected chi connectivity index (χ3v) is 28.2. The van der Waals surface area contributed by atoms with Crippen molar-refractivity contribution in [1.29, 1.82) is 0 Å². The molecule has 0 amide bonds. The Morgan fingerprint density at radius 1 is 0.688 bits per heavy atom. The van der Waals surface area contributed by atoms with Gasteiger partial charge in [-0.3, -0.25) is 0 Å². The first kappa shape index (κ1) is 41.1. The molecule has 1 aliphatic rings. The Bertz CT molecular complexity index is 1420. The van der Waals surface area contributed by atoms with E-state index in [1.54, 1.807) is 0 Å². The van der Waals surface area contributed by atoms with Crippen molar-refractivity contribution < 1.29 is 17.8 Å². The van der Waals surface area contributed by atoms with Crippen molar-refractivity contribution in [2.75, 3.05) is 12.8 Å². The van der Waals surface area contributed by atoms with Gasteiger partial charge in [-0.25, -0.2) is 0 Å². The predicted molar refractivity (Wildman–Crippen MR) is 217 cm³/mol. The van der Waals surface area contributed by atoms with Gasteiger partial charge in [-0.15, -0.1) is 0 Å². The molecule has 3 rings (SSSR count). The molecule has 8 heteroatoms. The van der Waals surface area contributed by atoms with E-state index in [0.717, 1.165) is 23.5 Å². The Balaban J connectivity index is 2.12. The van der Waals surface area contributed by atoms with E-state index in [1.807, 2.05) is 60.7 Å². The smallest absolute Gasteiger partial charge is 0.193 e. The Morgan fingerprint density at radius 3 is 1.56 bits per heavy atom. The first-order chi connectivity index (χ1) is 21.8. The maximum absolute atomic E-state index is 15.0. The third-order valence-electron chi connectivity index (χ3n) is 11.7. The molecule has 48 heavy (non-hydrogen) atoms. The monoisotopic (exact) mass is 726 g/mol. The molecule has 0 aliphatic heterocycles. The molecule has 0 bridgehead atoms. The lowest BCUT2D eigenvalue weighted by atomic mass is 9.88. The summed E-state index contributed by atoms with van der Waals surface area (Å²) in [6.07, 6.45) is 6.40. The maximum atomic E-state index is 15.0. The van der Waals surface area contributed by atoms with Crippen molar-refractivity contribution in [2.45, 2.75) is 142 Å². The lowest BCUT2D eigenvalue weighted by Crippen LogP contribution is -2.49. The molecular formula is C40H67O4PSi3. The molecule has 4 nitrogen and oxygen atoms in total. The van der Waals surface area contributed by atoms with Crippen LogP contribution in [-0.4, -0.2) is 49.9 Å². The maximum Gasteiger partial charge on any atom is 0.193 e. The van der Waals surface area contributed by atoms with Crippen LogP contribution < -0.4 is 10.6 Å². The van der Waals surface area contributed by atoms with Gasteiger partial charge in [-0.05, 0) is 72.8 Å². The van der Waals surface area contributed by atoms with Crippen molar-refractivity contribution in [3.05, 3.63) is 84.0 Å². The molecule has 0 N–H and O–H groups in total. The van der Waals surface area contributed by atoms with E-state index in [0.29, 0.717) is 12.8 Å². The van der Waals surface area contributed by atoms with Gasteiger partial charge in [0.15, 0.2) is 25.0 Å². The second-order valence-corrected chi connectivity index (χ2v) is 35.6. The predicted octanol–water partition coefficient (Wildman–Crippen LogP) is 11.4. The number of hydrogen-bond donors (Lipinski definition) is 0. The summed E-state index contributed by atoms with van der Waals surface area (Å²) in [5, 5.41) is 2.07. The largest absolute Gasteiger partial charge is 0.413 e. The van der Waals surface area contributed by atoms with Crippen LogP contribution in [0.3, 0.4) is 0 Å². The summed E-state index contributed by atoms with van der Waals surface area (Å²) in [6, 6.07) is 20.1. The first-order valence-electron chi connectivity index (χ1n) is 17.9. The van der Waals surface area contributed by atoms with E-state index in [-0.39, 0.29) is 27.3 Å². The fourth-order valence-electron chi connectivity index (χ4n) is 5.20. The van der Waals surface area contributed by atoms with E-state index in [4.69, 9.17) is 13.3 Å². The standard InChI is InChI=1S/C40H67O4PSi3/c1-38(2,3)46(10,11)42-28-26-35-36(43-47(12,13)39(4,5)6)30-32(31-37(35)44-48(14,15)40(7,8)9)27-29-45(41,33-22-18-16-19-23-33)34-24-20-17-21-25-34/h16-26,30,36-37H,27-29,31H2,1-15H3/t36?,37-/m1/s1. The van der Waals surface area contributed by atoms with Gasteiger partial charge in [0.05, 0.1) is 18.8 Å². The van der Waals surface area contributed by atoms with Crippen LogP contribution in [0.2, 0.25) is 54.4 Å². The Hall–Kier alpha value is -1.32. The van der Waals surface area contributed by atoms with Gasteiger partial charge in [-0.1, -0.05) is 141 Å². The number of hydrogen-bond acceptors (Lipinski definition) is 4. The first-order valence-corrected chi connectivity index (χ1v) is 28.5. The van der Waals surface area contributed by atoms with Crippen molar-refractivity contribution in [3.8, 4) is 0 Å². The van der Waals surface area contributed by atoms with E-state index < -0.39 is 32.1 Å². The van der Waals surface area contributed by atoms with Gasteiger partial charge in [0.2, 0.25) is 0 Å². The quantitative estimate of drug-likeness (QED) is 0.124. The van der Waals surface area contributed by atoms with Gasteiger partial charge in [0, 0.05) is 16.8 Å². The van der Waals surface area contributed by atoms with Crippen LogP contribution in [0.5, 0.6) is 0 Å². The lowest BCUT2D eigenvalue weighted by molar-refractivity contribution is 0.159. The molecule has 0 aromatic heterocycles. The highest BCUT2D eigenvalue weighted by Crippen LogP contribution is 2.48. The molecule has 268 valence electrons. The summed E-state index contributed by atoms with van der Waals surface area (Å²) in [7, 11) is -9.16. The van der Waals surface area contributed by atoms with Gasteiger partial charge in [0.1, 0.15) is 7.14 Å². The van der Waals surface area contributed by atoms with E-state index in [9.17, 15) is 0 Å². The highest BCUT2D eigenvalue weighted by molar-refractivity contribution is 7.78. The van der Waals surface area contributed by atoms with Crippen LogP contribution >= 0.6 is 7.14 Å². The van der Waals surface area contributed by atoms with Crippen molar-refractivity contribution in [3.63, 3.8) is 0 Å². The van der Waals surface area contributed by atoms with Crippen molar-refractivity contribution in [2.24, 2.45) is 0 Å². The third kappa shape index (κ3) is 9.92. The second-order valence-electron chi connectivity index (χ2n) is 18.4. The summed E-state index contributed by atoms with van der Waals surface area (Å²) in [5.74, 6) is 0. The second kappa shape index (κ2) is 15.1. The molecule has 2 aromatic carbocycles. The molecule has 0 saturated heterocycles. The number of benzene rings is 2. The lowest BCUT2D eigenvalue weighted by Gasteiger charge is -2.45. The summed E-state index contributed by atoms with van der Waals surface area (Å²) in [5.41, 5.74) is 2.47. The zero-order valence-corrected chi connectivity index (χ0v) is 36.9. The van der Waals surface area contributed by atoms with E-state index >= 15 is 4.57 Å². The summed E-state index contributed by atoms with van der Waals surface area (Å²) < 4.78 is 36.3. The molecule has 0 heterocycles. The molecule has 0 fully saturated rings. The zero-order chi connectivity index (χ0) is 36.4. The Morgan fingerprint density at radius 2 is 1.12 bits per heavy atom. The molecule has 1 aliphatic carbocycles. The van der Waals surface area contributed by atoms with Crippen molar-refractivity contribution >= 4 is 42.7 Å². The fraction of sp³-hybridized carbons (Fsp3) is 0.600. The number of rotatable bonds is 12. The minimum Gasteiger partial charge on any atom is -0.413 e. The molecule has 0 radical (unpaired) electrons. The molecule has 0 saturated carbocycles. The van der Waals surface area contributed by atoms with Gasteiger partial charge in [0.25, 0.3) is 0 Å².